The van der Waals surface area contributed by atoms with Gasteiger partial charge < -0.3 is 19.5 Å². The summed E-state index contributed by atoms with van der Waals surface area (Å²) < 4.78 is 16.2. The molecule has 0 aliphatic carbocycles. The van der Waals surface area contributed by atoms with Crippen molar-refractivity contribution in [2.24, 2.45) is 0 Å². The molecule has 6 nitrogen and oxygen atoms in total. The molecule has 0 aliphatic rings. The van der Waals surface area contributed by atoms with Crippen molar-refractivity contribution in [3.63, 3.8) is 0 Å². The Morgan fingerprint density at radius 3 is 2.48 bits per heavy atom. The summed E-state index contributed by atoms with van der Waals surface area (Å²) in [6.07, 6.45) is 0.675. The highest BCUT2D eigenvalue weighted by Gasteiger charge is 2.19. The minimum atomic E-state index is -0.874. The third kappa shape index (κ3) is 5.59. The summed E-state index contributed by atoms with van der Waals surface area (Å²) in [6.45, 7) is 5.33. The van der Waals surface area contributed by atoms with E-state index in [9.17, 15) is 9.59 Å². The first-order chi connectivity index (χ1) is 10.9. The normalized spacial score (nSPS) is 11.3. The van der Waals surface area contributed by atoms with Gasteiger partial charge in [-0.2, -0.15) is 0 Å². The molecule has 1 amide bonds. The summed E-state index contributed by atoms with van der Waals surface area (Å²) in [5.41, 5.74) is 0.673. The Hall–Kier alpha value is -2.02. The molecule has 0 radical (unpaired) electrons. The number of benzene rings is 1. The predicted molar refractivity (Wildman–Crippen MR) is 89.7 cm³/mol. The van der Waals surface area contributed by atoms with Crippen LogP contribution in [0.4, 0.5) is 0 Å². The number of carbonyl (C=O) groups is 2. The van der Waals surface area contributed by atoms with Crippen molar-refractivity contribution in [1.82, 2.24) is 5.32 Å². The van der Waals surface area contributed by atoms with Crippen molar-refractivity contribution >= 4 is 27.8 Å². The van der Waals surface area contributed by atoms with Gasteiger partial charge >= 0.3 is 5.97 Å². The lowest BCUT2D eigenvalue weighted by Crippen LogP contribution is -2.36. The lowest BCUT2D eigenvalue weighted by molar-refractivity contribution is -0.154. The van der Waals surface area contributed by atoms with Gasteiger partial charge in [0.15, 0.2) is 17.6 Å². The molecule has 0 saturated carbocycles. The van der Waals surface area contributed by atoms with E-state index in [0.717, 1.165) is 0 Å². The maximum atomic E-state index is 12.0. The minimum absolute atomic E-state index is 0.0000158. The van der Waals surface area contributed by atoms with Crippen LogP contribution >= 0.6 is 15.9 Å². The van der Waals surface area contributed by atoms with E-state index in [0.29, 0.717) is 28.1 Å². The van der Waals surface area contributed by atoms with E-state index in [1.165, 1.54) is 21.1 Å². The number of ether oxygens (including phenoxy) is 3. The van der Waals surface area contributed by atoms with Crippen LogP contribution in [0.5, 0.6) is 11.5 Å². The number of amides is 1. The summed E-state index contributed by atoms with van der Waals surface area (Å²) in [6, 6.07) is 3.40. The lowest BCUT2D eigenvalue weighted by Gasteiger charge is -2.14. The molecule has 0 aromatic heterocycles. The third-order valence-corrected chi connectivity index (χ3v) is 3.72. The molecule has 23 heavy (non-hydrogen) atoms. The molecule has 126 valence electrons. The Morgan fingerprint density at radius 2 is 1.91 bits per heavy atom. The first kappa shape index (κ1) is 19.0. The Balaban J connectivity index is 2.74. The smallest absolute Gasteiger partial charge is 0.311 e. The fourth-order valence-electron chi connectivity index (χ4n) is 1.80. The van der Waals surface area contributed by atoms with Crippen LogP contribution in [0.1, 0.15) is 12.5 Å². The number of halogens is 1. The molecular weight excluding hydrogens is 366 g/mol. The standard InChI is InChI=1S/C16H20BrNO5/c1-5-6-18-16(20)10(2)23-15(19)8-11-7-13(21-3)14(22-4)9-12(11)17/h5,7,9-10H,1,6,8H2,2-4H3,(H,18,20)/t10-/m0/s1. The molecule has 0 bridgehead atoms. The maximum absolute atomic E-state index is 12.0. The van der Waals surface area contributed by atoms with E-state index in [2.05, 4.69) is 27.8 Å². The van der Waals surface area contributed by atoms with E-state index in [1.54, 1.807) is 18.2 Å². The molecule has 0 heterocycles. The fourth-order valence-corrected chi connectivity index (χ4v) is 2.26. The Bertz CT molecular complexity index is 588. The zero-order valence-electron chi connectivity index (χ0n) is 13.3. The average molecular weight is 386 g/mol. The van der Waals surface area contributed by atoms with Crippen LogP contribution in [0.3, 0.4) is 0 Å². The SMILES string of the molecule is C=CCNC(=O)[C@H](C)OC(=O)Cc1cc(OC)c(OC)cc1Br. The molecule has 1 atom stereocenters. The zero-order chi connectivity index (χ0) is 17.4. The van der Waals surface area contributed by atoms with Gasteiger partial charge in [-0.15, -0.1) is 6.58 Å². The average Bonchev–Trinajstić information content (AvgIpc) is 2.53. The molecule has 0 fully saturated rings. The van der Waals surface area contributed by atoms with Crippen molar-refractivity contribution < 1.29 is 23.8 Å². The molecule has 1 aromatic rings. The van der Waals surface area contributed by atoms with Crippen molar-refractivity contribution in [3.8, 4) is 11.5 Å². The van der Waals surface area contributed by atoms with Gasteiger partial charge in [-0.05, 0) is 24.6 Å². The second-order valence-corrected chi connectivity index (χ2v) is 5.50. The molecule has 0 aliphatic heterocycles. The van der Waals surface area contributed by atoms with Crippen LogP contribution in [-0.2, 0) is 20.7 Å². The maximum Gasteiger partial charge on any atom is 0.311 e. The van der Waals surface area contributed by atoms with E-state index in [4.69, 9.17) is 14.2 Å². The highest BCUT2D eigenvalue weighted by molar-refractivity contribution is 9.10. The van der Waals surface area contributed by atoms with Crippen LogP contribution in [0.25, 0.3) is 0 Å². The van der Waals surface area contributed by atoms with Gasteiger partial charge in [0.2, 0.25) is 0 Å². The van der Waals surface area contributed by atoms with E-state index in [-0.39, 0.29) is 12.3 Å². The molecule has 0 unspecified atom stereocenters. The Kier molecular flexibility index (Phi) is 7.61. The summed E-state index contributed by atoms with van der Waals surface area (Å²) in [5.74, 6) is 0.174. The van der Waals surface area contributed by atoms with Crippen molar-refractivity contribution in [1.29, 1.82) is 0 Å². The largest absolute Gasteiger partial charge is 0.493 e. The van der Waals surface area contributed by atoms with Crippen LogP contribution in [0.2, 0.25) is 0 Å². The van der Waals surface area contributed by atoms with Crippen molar-refractivity contribution in [3.05, 3.63) is 34.8 Å². The van der Waals surface area contributed by atoms with Crippen LogP contribution in [0, 0.1) is 0 Å². The predicted octanol–water partition coefficient (Wildman–Crippen LogP) is 2.24. The number of carbonyl (C=O) groups excluding carboxylic acids is 2. The highest BCUT2D eigenvalue weighted by atomic mass is 79.9. The lowest BCUT2D eigenvalue weighted by atomic mass is 10.1. The molecule has 7 heteroatoms. The summed E-state index contributed by atoms with van der Waals surface area (Å²) in [5, 5.41) is 2.57. The molecule has 0 saturated heterocycles. The summed E-state index contributed by atoms with van der Waals surface area (Å²) in [4.78, 5) is 23.7. The monoisotopic (exact) mass is 385 g/mol. The third-order valence-electron chi connectivity index (χ3n) is 2.99. The Labute approximate surface area is 143 Å². The van der Waals surface area contributed by atoms with Gasteiger partial charge in [-0.1, -0.05) is 22.0 Å². The first-order valence-electron chi connectivity index (χ1n) is 6.91. The molecule has 1 rings (SSSR count). The highest BCUT2D eigenvalue weighted by Crippen LogP contribution is 2.33. The van der Waals surface area contributed by atoms with Crippen LogP contribution in [0.15, 0.2) is 29.3 Å². The van der Waals surface area contributed by atoms with Crippen molar-refractivity contribution in [2.45, 2.75) is 19.4 Å². The van der Waals surface area contributed by atoms with Gasteiger partial charge in [-0.25, -0.2) is 0 Å². The van der Waals surface area contributed by atoms with E-state index in [1.807, 2.05) is 0 Å². The van der Waals surface area contributed by atoms with Gasteiger partial charge in [0.1, 0.15) is 0 Å². The Morgan fingerprint density at radius 1 is 1.30 bits per heavy atom. The van der Waals surface area contributed by atoms with Crippen LogP contribution in [-0.4, -0.2) is 38.7 Å². The van der Waals surface area contributed by atoms with Gasteiger partial charge in [0.05, 0.1) is 20.6 Å². The molecular formula is C16H20BrNO5. The number of nitrogens with one attached hydrogen (secondary N) is 1. The number of esters is 1. The van der Waals surface area contributed by atoms with Crippen molar-refractivity contribution in [2.75, 3.05) is 20.8 Å². The summed E-state index contributed by atoms with van der Waals surface area (Å²) >= 11 is 3.38. The topological polar surface area (TPSA) is 73.9 Å². The molecule has 1 aromatic carbocycles. The number of hydrogen-bond acceptors (Lipinski definition) is 5. The van der Waals surface area contributed by atoms with Crippen LogP contribution < -0.4 is 14.8 Å². The van der Waals surface area contributed by atoms with E-state index < -0.39 is 12.1 Å². The number of hydrogen-bond donors (Lipinski definition) is 1. The summed E-state index contributed by atoms with van der Waals surface area (Å²) in [7, 11) is 3.04. The quantitative estimate of drug-likeness (QED) is 0.548. The second kappa shape index (κ2) is 9.19. The second-order valence-electron chi connectivity index (χ2n) is 4.64. The van der Waals surface area contributed by atoms with Gasteiger partial charge in [0.25, 0.3) is 5.91 Å². The minimum Gasteiger partial charge on any atom is -0.493 e. The molecule has 1 N–H and O–H groups in total. The zero-order valence-corrected chi connectivity index (χ0v) is 14.9. The number of methoxy groups -OCH3 is 2. The fraction of sp³-hybridized carbons (Fsp3) is 0.375. The van der Waals surface area contributed by atoms with Gasteiger partial charge in [-0.3, -0.25) is 9.59 Å². The first-order valence-corrected chi connectivity index (χ1v) is 7.70. The van der Waals surface area contributed by atoms with Gasteiger partial charge in [0, 0.05) is 11.0 Å². The number of rotatable bonds is 8. The molecule has 0 spiro atoms. The van der Waals surface area contributed by atoms with E-state index >= 15 is 0 Å².